The largest absolute Gasteiger partial charge is 0.481 e. The fourth-order valence-corrected chi connectivity index (χ4v) is 5.88. The number of aliphatic imine (C=N–C) groups is 1. The number of nitrogens with one attached hydrogen (secondary N) is 1. The Hall–Kier alpha value is -3.73. The Labute approximate surface area is 245 Å². The molecule has 11 heteroatoms. The van der Waals surface area contributed by atoms with Crippen molar-refractivity contribution in [3.05, 3.63) is 88.4 Å². The number of carbonyl (C=O) groups excluding carboxylic acids is 1. The number of rotatable bonds is 12. The van der Waals surface area contributed by atoms with Gasteiger partial charge in [-0.1, -0.05) is 41.9 Å². The number of aryl methyl sites for hydroxylation is 1. The van der Waals surface area contributed by atoms with E-state index in [9.17, 15) is 18.0 Å². The van der Waals surface area contributed by atoms with Crippen LogP contribution >= 0.6 is 11.6 Å². The lowest BCUT2D eigenvalue weighted by atomic mass is 9.90. The number of amides is 1. The summed E-state index contributed by atoms with van der Waals surface area (Å²) in [5.74, 6) is -1.81. The third kappa shape index (κ3) is 7.72. The van der Waals surface area contributed by atoms with Crippen molar-refractivity contribution in [3.63, 3.8) is 0 Å². The maximum atomic E-state index is 13.2. The van der Waals surface area contributed by atoms with E-state index in [1.54, 1.807) is 42.5 Å². The molecule has 0 saturated carbocycles. The summed E-state index contributed by atoms with van der Waals surface area (Å²) in [6.45, 7) is 1.10. The highest BCUT2D eigenvalue weighted by Gasteiger charge is 2.35. The molecule has 0 spiro atoms. The minimum atomic E-state index is -3.49. The SMILES string of the molecule is CN(C)CCCN(c1ccc(N=C(c2ccc(CCC(=O)O)cc2)C2C(=O)Nc3cc(Cl)ccc32)cc1)S(C)(=O)=O. The van der Waals surface area contributed by atoms with E-state index >= 15 is 0 Å². The molecule has 1 aliphatic rings. The number of hydrogen-bond acceptors (Lipinski definition) is 6. The lowest BCUT2D eigenvalue weighted by molar-refractivity contribution is -0.137. The van der Waals surface area contributed by atoms with E-state index in [4.69, 9.17) is 21.7 Å². The molecule has 0 saturated heterocycles. The number of anilines is 2. The van der Waals surface area contributed by atoms with Gasteiger partial charge >= 0.3 is 5.97 Å². The van der Waals surface area contributed by atoms with Crippen LogP contribution in [-0.4, -0.2) is 69.5 Å². The number of carboxylic acids is 1. The summed E-state index contributed by atoms with van der Waals surface area (Å²) in [5.41, 5.74) is 4.52. The van der Waals surface area contributed by atoms with Crippen molar-refractivity contribution in [2.24, 2.45) is 4.99 Å². The average Bonchev–Trinajstić information content (AvgIpc) is 3.23. The number of aliphatic carboxylic acids is 1. The smallest absolute Gasteiger partial charge is 0.303 e. The quantitative estimate of drug-likeness (QED) is 0.286. The molecule has 216 valence electrons. The van der Waals surface area contributed by atoms with E-state index in [0.717, 1.165) is 17.7 Å². The van der Waals surface area contributed by atoms with Crippen LogP contribution in [0.1, 0.15) is 35.4 Å². The van der Waals surface area contributed by atoms with Crippen LogP contribution in [0.25, 0.3) is 0 Å². The van der Waals surface area contributed by atoms with Crippen molar-refractivity contribution in [1.82, 2.24) is 4.90 Å². The molecule has 1 aliphatic heterocycles. The number of halogens is 1. The second kappa shape index (κ2) is 12.8. The molecular weight excluding hydrogens is 564 g/mol. The Bertz CT molecular complexity index is 1550. The van der Waals surface area contributed by atoms with Gasteiger partial charge in [0.05, 0.1) is 23.3 Å². The molecule has 1 heterocycles. The summed E-state index contributed by atoms with van der Waals surface area (Å²) in [6, 6.07) is 19.5. The van der Waals surface area contributed by atoms with E-state index in [2.05, 4.69) is 5.32 Å². The van der Waals surface area contributed by atoms with Crippen molar-refractivity contribution in [3.8, 4) is 0 Å². The standard InChI is InChI=1S/C30H33ClN4O5S/c1-34(2)17-4-18-35(41(3,39)40)24-13-11-23(12-14-24)32-29(21-8-5-20(6-9-21)7-16-27(36)37)28-25-15-10-22(31)19-26(25)33-30(28)38/h5-6,8-15,19,28H,4,7,16-18H2,1-3H3,(H,33,38)(H,36,37). The van der Waals surface area contributed by atoms with Crippen LogP contribution in [0.15, 0.2) is 71.7 Å². The zero-order valence-electron chi connectivity index (χ0n) is 23.2. The first-order valence-electron chi connectivity index (χ1n) is 13.1. The number of carbonyl (C=O) groups is 2. The molecule has 4 rings (SSSR count). The second-order valence-electron chi connectivity index (χ2n) is 10.2. The second-order valence-corrected chi connectivity index (χ2v) is 12.6. The lowest BCUT2D eigenvalue weighted by Gasteiger charge is -2.23. The summed E-state index contributed by atoms with van der Waals surface area (Å²) >= 11 is 6.16. The van der Waals surface area contributed by atoms with Crippen LogP contribution in [0.2, 0.25) is 5.02 Å². The Morgan fingerprint density at radius 2 is 1.71 bits per heavy atom. The lowest BCUT2D eigenvalue weighted by Crippen LogP contribution is -2.32. The van der Waals surface area contributed by atoms with Crippen molar-refractivity contribution in [2.75, 3.05) is 43.1 Å². The van der Waals surface area contributed by atoms with Gasteiger partial charge in [0.2, 0.25) is 15.9 Å². The summed E-state index contributed by atoms with van der Waals surface area (Å²) in [5, 5.41) is 12.4. The Morgan fingerprint density at radius 1 is 1.02 bits per heavy atom. The summed E-state index contributed by atoms with van der Waals surface area (Å²) in [4.78, 5) is 31.1. The van der Waals surface area contributed by atoms with Crippen LogP contribution in [0.5, 0.6) is 0 Å². The van der Waals surface area contributed by atoms with Crippen LogP contribution in [0.3, 0.4) is 0 Å². The molecule has 0 fully saturated rings. The van der Waals surface area contributed by atoms with Gasteiger partial charge in [-0.25, -0.2) is 8.42 Å². The van der Waals surface area contributed by atoms with Crippen LogP contribution in [0.4, 0.5) is 17.1 Å². The highest BCUT2D eigenvalue weighted by atomic mass is 35.5. The maximum Gasteiger partial charge on any atom is 0.303 e. The molecule has 1 amide bonds. The minimum absolute atomic E-state index is 0.0193. The minimum Gasteiger partial charge on any atom is -0.481 e. The van der Waals surface area contributed by atoms with E-state index in [1.807, 2.05) is 43.3 Å². The molecule has 0 aliphatic carbocycles. The molecule has 2 N–H and O–H groups in total. The molecule has 1 unspecified atom stereocenters. The summed E-state index contributed by atoms with van der Waals surface area (Å²) in [6.07, 6.45) is 2.27. The first-order chi connectivity index (χ1) is 19.4. The molecule has 0 radical (unpaired) electrons. The average molecular weight is 597 g/mol. The molecule has 0 bridgehead atoms. The molecule has 1 atom stereocenters. The molecule has 3 aromatic rings. The van der Waals surface area contributed by atoms with E-state index in [0.29, 0.717) is 52.7 Å². The zero-order valence-corrected chi connectivity index (χ0v) is 24.7. The van der Waals surface area contributed by atoms with Gasteiger partial charge in [-0.05, 0) is 86.6 Å². The van der Waals surface area contributed by atoms with Crippen molar-refractivity contribution in [2.45, 2.75) is 25.2 Å². The van der Waals surface area contributed by atoms with Gasteiger partial charge < -0.3 is 15.3 Å². The van der Waals surface area contributed by atoms with E-state index < -0.39 is 21.9 Å². The highest BCUT2D eigenvalue weighted by Crippen LogP contribution is 2.38. The highest BCUT2D eigenvalue weighted by molar-refractivity contribution is 7.92. The third-order valence-electron chi connectivity index (χ3n) is 6.75. The maximum absolute atomic E-state index is 13.2. The zero-order chi connectivity index (χ0) is 29.7. The third-order valence-corrected chi connectivity index (χ3v) is 8.18. The van der Waals surface area contributed by atoms with Gasteiger partial charge in [-0.15, -0.1) is 0 Å². The Kier molecular flexibility index (Phi) is 9.47. The summed E-state index contributed by atoms with van der Waals surface area (Å²) in [7, 11) is 0.394. The number of fused-ring (bicyclic) bond motifs is 1. The van der Waals surface area contributed by atoms with Crippen LogP contribution in [0, 0.1) is 0 Å². The monoisotopic (exact) mass is 596 g/mol. The molecule has 3 aromatic carbocycles. The Balaban J connectivity index is 1.71. The Morgan fingerprint density at radius 3 is 2.32 bits per heavy atom. The first-order valence-corrected chi connectivity index (χ1v) is 15.4. The van der Waals surface area contributed by atoms with Gasteiger partial charge in [0.1, 0.15) is 5.92 Å². The fraction of sp³-hybridized carbons (Fsp3) is 0.300. The number of hydrogen-bond donors (Lipinski definition) is 2. The molecule has 9 nitrogen and oxygen atoms in total. The van der Waals surface area contributed by atoms with Crippen LogP contribution in [-0.2, 0) is 26.0 Å². The predicted molar refractivity (Wildman–Crippen MR) is 163 cm³/mol. The van der Waals surface area contributed by atoms with Crippen molar-refractivity contribution < 1.29 is 23.1 Å². The van der Waals surface area contributed by atoms with E-state index in [-0.39, 0.29) is 12.3 Å². The number of sulfonamides is 1. The van der Waals surface area contributed by atoms with Crippen molar-refractivity contribution in [1.29, 1.82) is 0 Å². The van der Waals surface area contributed by atoms with Crippen LogP contribution < -0.4 is 9.62 Å². The van der Waals surface area contributed by atoms with Gasteiger partial charge in [0.15, 0.2) is 0 Å². The fourth-order valence-electron chi connectivity index (χ4n) is 4.74. The molecule has 41 heavy (non-hydrogen) atoms. The first kappa shape index (κ1) is 30.2. The van der Waals surface area contributed by atoms with Gasteiger partial charge in [0, 0.05) is 23.7 Å². The number of carboxylic acid groups (broad SMARTS) is 1. The number of nitrogens with zero attached hydrogens (tertiary/aromatic N) is 3. The molecular formula is C30H33ClN4O5S. The van der Waals surface area contributed by atoms with E-state index in [1.165, 1.54) is 10.6 Å². The number of benzene rings is 3. The molecule has 0 aromatic heterocycles. The van der Waals surface area contributed by atoms with Gasteiger partial charge in [-0.2, -0.15) is 0 Å². The topological polar surface area (TPSA) is 119 Å². The summed E-state index contributed by atoms with van der Waals surface area (Å²) < 4.78 is 26.4. The normalized spacial score (nSPS) is 15.1. The van der Waals surface area contributed by atoms with Gasteiger partial charge in [0.25, 0.3) is 0 Å². The predicted octanol–water partition coefficient (Wildman–Crippen LogP) is 4.93. The van der Waals surface area contributed by atoms with Gasteiger partial charge in [-0.3, -0.25) is 18.9 Å². The van der Waals surface area contributed by atoms with Crippen molar-refractivity contribution >= 4 is 56.3 Å².